The number of nitrogens with zero attached hydrogens (tertiary/aromatic N) is 5. The Hall–Kier alpha value is -4.79. The summed E-state index contributed by atoms with van der Waals surface area (Å²) in [6, 6.07) is 11.2. The molecular weight excluding hydrogens is 561 g/mol. The number of alkyl halides is 3. The highest BCUT2D eigenvalue weighted by atomic mass is 19.4. The molecule has 1 fully saturated rings. The van der Waals surface area contributed by atoms with Gasteiger partial charge in [0.2, 0.25) is 11.8 Å². The van der Waals surface area contributed by atoms with Gasteiger partial charge in [-0.3, -0.25) is 0 Å². The van der Waals surface area contributed by atoms with E-state index >= 15 is 0 Å². The zero-order valence-corrected chi connectivity index (χ0v) is 24.6. The fraction of sp³-hybridized carbons (Fsp3) is 0.355. The van der Waals surface area contributed by atoms with Crippen LogP contribution in [0.4, 0.5) is 35.3 Å². The molecule has 4 rings (SSSR count). The van der Waals surface area contributed by atoms with Gasteiger partial charge in [0.1, 0.15) is 11.4 Å². The number of allylic oxidation sites excluding steroid dienone is 1. The molecular formula is C31H33F3N6O3. The first-order chi connectivity index (χ1) is 20.2. The zero-order chi connectivity index (χ0) is 31.4. The summed E-state index contributed by atoms with van der Waals surface area (Å²) in [4.78, 5) is 24.0. The van der Waals surface area contributed by atoms with Crippen LogP contribution in [0.3, 0.4) is 0 Å². The monoisotopic (exact) mass is 594 g/mol. The first-order valence-electron chi connectivity index (χ1n) is 13.6. The Morgan fingerprint density at radius 2 is 1.72 bits per heavy atom. The molecule has 3 aromatic rings. The van der Waals surface area contributed by atoms with E-state index in [1.807, 2.05) is 32.0 Å². The number of hydrogen-bond acceptors (Lipinski definition) is 8. The number of carbonyl (C=O) groups is 1. The maximum Gasteiger partial charge on any atom is 0.418 e. The standard InChI is InChI=1S/C31H33F3N6O3/c1-20-17-22(7-6-11-35)18-21(2)27(20)42-26-10-12-36-28(38-26)37-23-8-9-25(24(19-23)31(32,33)34)39-13-15-40(16-14-39)29(41)43-30(3,4)5/h6-10,12,17-19H,13-16H2,1-5H3,(H,36,37,38)/b7-6+. The Morgan fingerprint density at radius 1 is 1.05 bits per heavy atom. The zero-order valence-electron chi connectivity index (χ0n) is 24.6. The average molecular weight is 595 g/mol. The third kappa shape index (κ3) is 8.16. The van der Waals surface area contributed by atoms with Crippen molar-refractivity contribution in [1.29, 1.82) is 5.26 Å². The first kappa shape index (κ1) is 31.2. The molecule has 2 heterocycles. The molecule has 43 heavy (non-hydrogen) atoms. The van der Waals surface area contributed by atoms with Crippen molar-refractivity contribution in [1.82, 2.24) is 14.9 Å². The van der Waals surface area contributed by atoms with Crippen LogP contribution in [-0.2, 0) is 10.9 Å². The van der Waals surface area contributed by atoms with Gasteiger partial charge in [-0.25, -0.2) is 9.78 Å². The Labute approximate surface area is 248 Å². The van der Waals surface area contributed by atoms with Gasteiger partial charge in [-0.15, -0.1) is 0 Å². The maximum atomic E-state index is 14.2. The lowest BCUT2D eigenvalue weighted by molar-refractivity contribution is -0.137. The second-order valence-corrected chi connectivity index (χ2v) is 11.1. The number of carbonyl (C=O) groups excluding carboxylic acids is 1. The van der Waals surface area contributed by atoms with Crippen molar-refractivity contribution in [3.63, 3.8) is 0 Å². The summed E-state index contributed by atoms with van der Waals surface area (Å²) in [6.07, 6.45) is -0.571. The predicted molar refractivity (Wildman–Crippen MR) is 157 cm³/mol. The molecule has 0 atom stereocenters. The minimum atomic E-state index is -4.62. The minimum absolute atomic E-state index is 0.0268. The molecule has 2 aromatic carbocycles. The largest absolute Gasteiger partial charge is 0.444 e. The quantitative estimate of drug-likeness (QED) is 0.298. The molecule has 1 saturated heterocycles. The topological polar surface area (TPSA) is 104 Å². The molecule has 9 nitrogen and oxygen atoms in total. The van der Waals surface area contributed by atoms with E-state index in [-0.39, 0.29) is 49.4 Å². The number of piperazine rings is 1. The lowest BCUT2D eigenvalue weighted by Crippen LogP contribution is -2.50. The van der Waals surface area contributed by atoms with Crippen molar-refractivity contribution in [2.45, 2.75) is 46.4 Å². The van der Waals surface area contributed by atoms with Crippen LogP contribution >= 0.6 is 0 Å². The van der Waals surface area contributed by atoms with Gasteiger partial charge < -0.3 is 24.6 Å². The van der Waals surface area contributed by atoms with E-state index in [1.54, 1.807) is 37.8 Å². The van der Waals surface area contributed by atoms with Crippen LogP contribution in [0.2, 0.25) is 0 Å². The molecule has 0 radical (unpaired) electrons. The molecule has 0 aliphatic carbocycles. The summed E-state index contributed by atoms with van der Waals surface area (Å²) in [5, 5.41) is 11.6. The smallest absolute Gasteiger partial charge is 0.418 e. The minimum Gasteiger partial charge on any atom is -0.444 e. The van der Waals surface area contributed by atoms with E-state index in [9.17, 15) is 18.0 Å². The van der Waals surface area contributed by atoms with Gasteiger partial charge in [0.05, 0.1) is 11.6 Å². The number of nitriles is 1. The Kier molecular flexibility index (Phi) is 9.13. The van der Waals surface area contributed by atoms with Crippen molar-refractivity contribution in [3.8, 4) is 17.7 Å². The van der Waals surface area contributed by atoms with Crippen molar-refractivity contribution in [2.24, 2.45) is 0 Å². The molecule has 0 unspecified atom stereocenters. The maximum absolute atomic E-state index is 14.2. The highest BCUT2D eigenvalue weighted by Crippen LogP contribution is 2.39. The molecule has 0 spiro atoms. The lowest BCUT2D eigenvalue weighted by Gasteiger charge is -2.37. The number of benzene rings is 2. The van der Waals surface area contributed by atoms with E-state index in [0.717, 1.165) is 22.8 Å². The summed E-state index contributed by atoms with van der Waals surface area (Å²) in [7, 11) is 0. The van der Waals surface area contributed by atoms with E-state index in [0.29, 0.717) is 5.75 Å². The SMILES string of the molecule is Cc1cc(/C=C/C#N)cc(C)c1Oc1ccnc(Nc2ccc(N3CCN(C(=O)OC(C)(C)C)CC3)c(C(F)(F)F)c2)n1. The number of rotatable bonds is 6. The van der Waals surface area contributed by atoms with Gasteiger partial charge >= 0.3 is 12.3 Å². The van der Waals surface area contributed by atoms with E-state index in [1.165, 1.54) is 29.3 Å². The third-order valence-electron chi connectivity index (χ3n) is 6.50. The fourth-order valence-corrected chi connectivity index (χ4v) is 4.64. The van der Waals surface area contributed by atoms with Crippen LogP contribution < -0.4 is 15.0 Å². The molecule has 0 saturated carbocycles. The van der Waals surface area contributed by atoms with Gasteiger partial charge in [0, 0.05) is 55.9 Å². The lowest BCUT2D eigenvalue weighted by atomic mass is 10.1. The van der Waals surface area contributed by atoms with Gasteiger partial charge in [0.25, 0.3) is 0 Å². The third-order valence-corrected chi connectivity index (χ3v) is 6.50. The molecule has 226 valence electrons. The Bertz CT molecular complexity index is 1530. The molecule has 1 aromatic heterocycles. The summed E-state index contributed by atoms with van der Waals surface area (Å²) >= 11 is 0. The van der Waals surface area contributed by atoms with Crippen LogP contribution in [0.5, 0.6) is 11.6 Å². The first-order valence-corrected chi connectivity index (χ1v) is 13.6. The fourth-order valence-electron chi connectivity index (χ4n) is 4.64. The van der Waals surface area contributed by atoms with Crippen LogP contribution in [0, 0.1) is 25.2 Å². The molecule has 1 amide bonds. The van der Waals surface area contributed by atoms with Crippen LogP contribution in [0.1, 0.15) is 43.0 Å². The van der Waals surface area contributed by atoms with Gasteiger partial charge in [0.15, 0.2) is 0 Å². The predicted octanol–water partition coefficient (Wildman–Crippen LogP) is 7.24. The van der Waals surface area contributed by atoms with Gasteiger partial charge in [-0.05, 0) is 87.7 Å². The molecule has 1 N–H and O–H groups in total. The van der Waals surface area contributed by atoms with E-state index < -0.39 is 23.4 Å². The number of amides is 1. The number of nitrogens with one attached hydrogen (secondary N) is 1. The molecule has 12 heteroatoms. The number of hydrogen-bond donors (Lipinski definition) is 1. The number of aromatic nitrogens is 2. The van der Waals surface area contributed by atoms with Crippen LogP contribution in [-0.4, -0.2) is 52.7 Å². The summed E-state index contributed by atoms with van der Waals surface area (Å²) in [5.41, 5.74) is 1.21. The van der Waals surface area contributed by atoms with Crippen LogP contribution in [0.15, 0.2) is 48.7 Å². The normalized spacial score (nSPS) is 14.0. The molecule has 1 aliphatic rings. The second-order valence-electron chi connectivity index (χ2n) is 11.1. The van der Waals surface area contributed by atoms with Crippen LogP contribution in [0.25, 0.3) is 6.08 Å². The Morgan fingerprint density at radius 3 is 2.33 bits per heavy atom. The van der Waals surface area contributed by atoms with Crippen molar-refractivity contribution in [2.75, 3.05) is 36.4 Å². The number of halogens is 3. The Balaban J connectivity index is 1.50. The number of ether oxygens (including phenoxy) is 2. The number of aryl methyl sites for hydroxylation is 2. The second kappa shape index (κ2) is 12.6. The van der Waals surface area contributed by atoms with Crippen molar-refractivity contribution in [3.05, 3.63) is 70.9 Å². The summed E-state index contributed by atoms with van der Waals surface area (Å²) < 4.78 is 53.9. The number of anilines is 3. The van der Waals surface area contributed by atoms with Crippen molar-refractivity contribution < 1.29 is 27.4 Å². The molecule has 0 bridgehead atoms. The van der Waals surface area contributed by atoms with Gasteiger partial charge in [-0.1, -0.05) is 0 Å². The molecule has 1 aliphatic heterocycles. The average Bonchev–Trinajstić information content (AvgIpc) is 2.93. The van der Waals surface area contributed by atoms with E-state index in [2.05, 4.69) is 15.3 Å². The highest BCUT2D eigenvalue weighted by Gasteiger charge is 2.36. The highest BCUT2D eigenvalue weighted by molar-refractivity contribution is 5.69. The van der Waals surface area contributed by atoms with Crippen molar-refractivity contribution >= 4 is 29.5 Å². The van der Waals surface area contributed by atoms with E-state index in [4.69, 9.17) is 14.7 Å². The summed E-state index contributed by atoms with van der Waals surface area (Å²) in [6.45, 7) is 9.96. The van der Waals surface area contributed by atoms with Gasteiger partial charge in [-0.2, -0.15) is 23.4 Å². The summed E-state index contributed by atoms with van der Waals surface area (Å²) in [5.74, 6) is 0.849.